The van der Waals surface area contributed by atoms with E-state index in [1.54, 1.807) is 6.07 Å². The number of carbonyl (C=O) groups is 1. The molecule has 0 aliphatic heterocycles. The minimum atomic E-state index is -0.257. The van der Waals surface area contributed by atoms with Crippen molar-refractivity contribution in [1.82, 2.24) is 4.98 Å². The second kappa shape index (κ2) is 6.37. The molecule has 0 bridgehead atoms. The molecule has 2 N–H and O–H groups in total. The van der Waals surface area contributed by atoms with Crippen molar-refractivity contribution in [3.63, 3.8) is 0 Å². The highest BCUT2D eigenvalue weighted by molar-refractivity contribution is 5.93. The fraction of sp³-hybridized carbons (Fsp3) is 0.0476. The van der Waals surface area contributed by atoms with Crippen LogP contribution < -0.4 is 5.32 Å². The van der Waals surface area contributed by atoms with E-state index in [4.69, 9.17) is 4.42 Å². The average Bonchev–Trinajstić information content (AvgIpc) is 3.04. The van der Waals surface area contributed by atoms with Crippen LogP contribution >= 0.6 is 0 Å². The number of hydrogen-bond acceptors (Lipinski definition) is 4. The second-order valence-electron chi connectivity index (χ2n) is 5.96. The van der Waals surface area contributed by atoms with Crippen molar-refractivity contribution in [2.24, 2.45) is 0 Å². The molecule has 0 fully saturated rings. The molecule has 0 aliphatic rings. The Morgan fingerprint density at radius 2 is 1.65 bits per heavy atom. The molecule has 0 radical (unpaired) electrons. The molecule has 4 rings (SSSR count). The Hall–Kier alpha value is -3.60. The summed E-state index contributed by atoms with van der Waals surface area (Å²) in [7, 11) is 0. The van der Waals surface area contributed by atoms with Crippen LogP contribution in [0.3, 0.4) is 0 Å². The first-order chi connectivity index (χ1) is 12.6. The Morgan fingerprint density at radius 3 is 2.35 bits per heavy atom. The number of hydrogen-bond donors (Lipinski definition) is 2. The maximum atomic E-state index is 11.5. The molecule has 0 atom stereocenters. The Balaban J connectivity index is 1.88. The standard InChI is InChI=1S/C21H16N2O3/c1-13(24)22-21-19(14-7-3-2-4-8-14)23-20(26-21)17-11-15-9-5-6-10-16(15)12-18(17)25/h2-12,25H,1H3,(H,22,24). The molecular weight excluding hydrogens is 328 g/mol. The molecule has 26 heavy (non-hydrogen) atoms. The van der Waals surface area contributed by atoms with Gasteiger partial charge in [-0.3, -0.25) is 10.1 Å². The number of anilines is 1. The van der Waals surface area contributed by atoms with Crippen molar-refractivity contribution in [3.05, 3.63) is 66.7 Å². The molecule has 3 aromatic carbocycles. The number of oxazole rings is 1. The smallest absolute Gasteiger partial charge is 0.233 e. The van der Waals surface area contributed by atoms with Crippen molar-refractivity contribution in [2.75, 3.05) is 5.32 Å². The van der Waals surface area contributed by atoms with Crippen LogP contribution in [0, 0.1) is 0 Å². The van der Waals surface area contributed by atoms with Gasteiger partial charge in [-0.15, -0.1) is 0 Å². The van der Waals surface area contributed by atoms with Gasteiger partial charge >= 0.3 is 0 Å². The van der Waals surface area contributed by atoms with Crippen LogP contribution in [0.25, 0.3) is 33.5 Å². The number of aromatic hydroxyl groups is 1. The zero-order valence-corrected chi connectivity index (χ0v) is 14.1. The summed E-state index contributed by atoms with van der Waals surface area (Å²) >= 11 is 0. The monoisotopic (exact) mass is 344 g/mol. The molecule has 1 amide bonds. The molecule has 5 heteroatoms. The quantitative estimate of drug-likeness (QED) is 0.558. The van der Waals surface area contributed by atoms with Crippen LogP contribution in [0.15, 0.2) is 71.1 Å². The highest BCUT2D eigenvalue weighted by Crippen LogP contribution is 2.38. The van der Waals surface area contributed by atoms with Crippen molar-refractivity contribution in [2.45, 2.75) is 6.92 Å². The molecule has 0 saturated carbocycles. The fourth-order valence-electron chi connectivity index (χ4n) is 2.87. The number of amides is 1. The molecular formula is C21H16N2O3. The zero-order chi connectivity index (χ0) is 18.1. The second-order valence-corrected chi connectivity index (χ2v) is 5.96. The van der Waals surface area contributed by atoms with E-state index in [0.29, 0.717) is 11.3 Å². The molecule has 1 aromatic heterocycles. The maximum Gasteiger partial charge on any atom is 0.233 e. The summed E-state index contributed by atoms with van der Waals surface area (Å²) in [6.07, 6.45) is 0. The summed E-state index contributed by atoms with van der Waals surface area (Å²) in [6, 6.07) is 20.6. The molecule has 0 saturated heterocycles. The largest absolute Gasteiger partial charge is 0.507 e. The third-order valence-electron chi connectivity index (χ3n) is 4.06. The van der Waals surface area contributed by atoms with Gasteiger partial charge in [0.15, 0.2) is 0 Å². The first-order valence-corrected chi connectivity index (χ1v) is 8.18. The Bertz CT molecular complexity index is 1100. The van der Waals surface area contributed by atoms with E-state index >= 15 is 0 Å². The molecule has 4 aromatic rings. The highest BCUT2D eigenvalue weighted by atomic mass is 16.4. The lowest BCUT2D eigenvalue weighted by Gasteiger charge is -2.03. The van der Waals surface area contributed by atoms with Crippen LogP contribution in [0.4, 0.5) is 5.88 Å². The van der Waals surface area contributed by atoms with Gasteiger partial charge in [0.05, 0.1) is 5.56 Å². The topological polar surface area (TPSA) is 75.4 Å². The van der Waals surface area contributed by atoms with Gasteiger partial charge in [-0.2, -0.15) is 0 Å². The molecule has 5 nitrogen and oxygen atoms in total. The molecule has 0 unspecified atom stereocenters. The van der Waals surface area contributed by atoms with Crippen molar-refractivity contribution in [1.29, 1.82) is 0 Å². The minimum absolute atomic E-state index is 0.0685. The van der Waals surface area contributed by atoms with Crippen molar-refractivity contribution >= 4 is 22.6 Å². The van der Waals surface area contributed by atoms with E-state index < -0.39 is 0 Å². The Labute approximate surface area is 149 Å². The number of phenols is 1. The predicted molar refractivity (Wildman–Crippen MR) is 101 cm³/mol. The normalized spacial score (nSPS) is 10.8. The number of nitrogens with zero attached hydrogens (tertiary/aromatic N) is 1. The van der Waals surface area contributed by atoms with Crippen molar-refractivity contribution < 1.29 is 14.3 Å². The molecule has 0 spiro atoms. The summed E-state index contributed by atoms with van der Waals surface area (Å²) in [4.78, 5) is 16.1. The molecule has 128 valence electrons. The lowest BCUT2D eigenvalue weighted by molar-refractivity contribution is -0.114. The van der Waals surface area contributed by atoms with E-state index in [1.165, 1.54) is 6.92 Å². The maximum absolute atomic E-state index is 11.5. The third kappa shape index (κ3) is 2.91. The third-order valence-corrected chi connectivity index (χ3v) is 4.06. The van der Waals surface area contributed by atoms with E-state index in [2.05, 4.69) is 10.3 Å². The fourth-order valence-corrected chi connectivity index (χ4v) is 2.87. The summed E-state index contributed by atoms with van der Waals surface area (Å²) in [5, 5.41) is 15.0. The number of fused-ring (bicyclic) bond motifs is 1. The van der Waals surface area contributed by atoms with Crippen LogP contribution in [-0.2, 0) is 4.79 Å². The van der Waals surface area contributed by atoms with Crippen LogP contribution in [0.1, 0.15) is 6.92 Å². The van der Waals surface area contributed by atoms with Gasteiger partial charge in [-0.25, -0.2) is 4.98 Å². The number of carbonyl (C=O) groups excluding carboxylic acids is 1. The minimum Gasteiger partial charge on any atom is -0.507 e. The lowest BCUT2D eigenvalue weighted by Crippen LogP contribution is -2.05. The van der Waals surface area contributed by atoms with Gasteiger partial charge < -0.3 is 9.52 Å². The number of phenolic OH excluding ortho intramolecular Hbond substituents is 1. The zero-order valence-electron chi connectivity index (χ0n) is 14.1. The summed E-state index contributed by atoms with van der Waals surface area (Å²) in [6.45, 7) is 1.41. The molecule has 0 aliphatic carbocycles. The first-order valence-electron chi connectivity index (χ1n) is 8.18. The van der Waals surface area contributed by atoms with Gasteiger partial charge in [-0.1, -0.05) is 54.6 Å². The first kappa shape index (κ1) is 15.9. The Morgan fingerprint density at radius 1 is 1.00 bits per heavy atom. The van der Waals surface area contributed by atoms with E-state index in [0.717, 1.165) is 16.3 Å². The lowest BCUT2D eigenvalue weighted by atomic mass is 10.1. The average molecular weight is 344 g/mol. The number of nitrogens with one attached hydrogen (secondary N) is 1. The van der Waals surface area contributed by atoms with Gasteiger partial charge in [0.1, 0.15) is 11.4 Å². The number of rotatable bonds is 3. The summed E-state index contributed by atoms with van der Waals surface area (Å²) in [5.74, 6) is 0.314. The molecule has 1 heterocycles. The number of aromatic nitrogens is 1. The van der Waals surface area contributed by atoms with Gasteiger partial charge in [0, 0.05) is 12.5 Å². The van der Waals surface area contributed by atoms with Crippen LogP contribution in [0.2, 0.25) is 0 Å². The summed E-state index contributed by atoms with van der Waals surface area (Å²) < 4.78 is 5.79. The van der Waals surface area contributed by atoms with Crippen molar-refractivity contribution in [3.8, 4) is 28.5 Å². The van der Waals surface area contributed by atoms with Gasteiger partial charge in [0.25, 0.3) is 0 Å². The number of benzene rings is 3. The van der Waals surface area contributed by atoms with Crippen LogP contribution in [-0.4, -0.2) is 16.0 Å². The van der Waals surface area contributed by atoms with E-state index in [-0.39, 0.29) is 23.4 Å². The highest BCUT2D eigenvalue weighted by Gasteiger charge is 2.19. The Kier molecular flexibility index (Phi) is 3.89. The van der Waals surface area contributed by atoms with E-state index in [9.17, 15) is 9.90 Å². The van der Waals surface area contributed by atoms with Crippen LogP contribution in [0.5, 0.6) is 5.75 Å². The van der Waals surface area contributed by atoms with Gasteiger partial charge in [-0.05, 0) is 22.9 Å². The predicted octanol–water partition coefficient (Wildman–Crippen LogP) is 4.83. The SMILES string of the molecule is CC(=O)Nc1oc(-c2cc3ccccc3cc2O)nc1-c1ccccc1. The van der Waals surface area contributed by atoms with E-state index in [1.807, 2.05) is 60.7 Å². The van der Waals surface area contributed by atoms with Gasteiger partial charge in [0.2, 0.25) is 17.7 Å². The summed E-state index contributed by atoms with van der Waals surface area (Å²) in [5.41, 5.74) is 1.80.